The number of benzene rings is 2. The number of carbonyl (C=O) groups excluding carboxylic acids is 2. The third kappa shape index (κ3) is 4.02. The molecule has 7 nitrogen and oxygen atoms in total. The summed E-state index contributed by atoms with van der Waals surface area (Å²) in [5, 5.41) is 23.8. The van der Waals surface area contributed by atoms with E-state index in [1.165, 1.54) is 10.6 Å². The maximum absolute atomic E-state index is 12.5. The van der Waals surface area contributed by atoms with Crippen molar-refractivity contribution in [2.75, 3.05) is 12.4 Å². The summed E-state index contributed by atoms with van der Waals surface area (Å²) in [5.41, 5.74) is 1.66. The van der Waals surface area contributed by atoms with E-state index in [-0.39, 0.29) is 12.1 Å². The van der Waals surface area contributed by atoms with Gasteiger partial charge in [-0.2, -0.15) is 5.26 Å². The Balaban J connectivity index is 1.92. The fourth-order valence-corrected chi connectivity index (χ4v) is 2.84. The quantitative estimate of drug-likeness (QED) is 0.524. The molecular weight excluding hydrogens is 358 g/mol. The first-order chi connectivity index (χ1) is 13.5. The molecule has 3 rings (SSSR count). The van der Waals surface area contributed by atoms with Crippen molar-refractivity contribution in [3.8, 4) is 11.8 Å². The fraction of sp³-hybridized carbons (Fsp3) is 0.0952. The molecule has 1 amide bonds. The number of carboxylic acids is 1. The van der Waals surface area contributed by atoms with Crippen molar-refractivity contribution in [1.82, 2.24) is 4.57 Å². The minimum Gasteiger partial charge on any atom is -0.548 e. The lowest BCUT2D eigenvalue weighted by atomic mass is 10.1. The van der Waals surface area contributed by atoms with E-state index < -0.39 is 11.9 Å². The van der Waals surface area contributed by atoms with Gasteiger partial charge in [0.1, 0.15) is 17.4 Å². The Morgan fingerprint density at radius 2 is 1.93 bits per heavy atom. The van der Waals surface area contributed by atoms with Gasteiger partial charge in [-0.3, -0.25) is 4.79 Å². The third-order valence-corrected chi connectivity index (χ3v) is 4.13. The van der Waals surface area contributed by atoms with E-state index in [9.17, 15) is 20.0 Å². The molecule has 140 valence electrons. The van der Waals surface area contributed by atoms with E-state index in [0.717, 1.165) is 5.39 Å². The molecule has 28 heavy (non-hydrogen) atoms. The summed E-state index contributed by atoms with van der Waals surface area (Å²) in [6.45, 7) is -0.325. The van der Waals surface area contributed by atoms with Crippen molar-refractivity contribution in [2.24, 2.45) is 0 Å². The topological polar surface area (TPSA) is 107 Å². The van der Waals surface area contributed by atoms with Gasteiger partial charge >= 0.3 is 0 Å². The van der Waals surface area contributed by atoms with Gasteiger partial charge in [-0.1, -0.05) is 18.2 Å². The number of nitriles is 1. The Bertz CT molecular complexity index is 1100. The molecule has 0 unspecified atom stereocenters. The number of carbonyl (C=O) groups is 2. The molecule has 0 saturated heterocycles. The number of hydrogen-bond acceptors (Lipinski definition) is 5. The van der Waals surface area contributed by atoms with Gasteiger partial charge in [0.25, 0.3) is 5.91 Å². The van der Waals surface area contributed by atoms with Crippen molar-refractivity contribution in [3.05, 3.63) is 65.9 Å². The molecule has 0 bridgehead atoms. The van der Waals surface area contributed by atoms with Gasteiger partial charge in [0.15, 0.2) is 0 Å². The van der Waals surface area contributed by atoms with E-state index in [0.29, 0.717) is 22.5 Å². The summed E-state index contributed by atoms with van der Waals surface area (Å²) in [5.74, 6) is -1.15. The maximum atomic E-state index is 12.5. The van der Waals surface area contributed by atoms with Gasteiger partial charge in [0.05, 0.1) is 19.6 Å². The molecule has 0 saturated carbocycles. The minimum atomic E-state index is -1.23. The number of methoxy groups -OCH3 is 1. The smallest absolute Gasteiger partial charge is 0.266 e. The number of para-hydroxylation sites is 1. The number of anilines is 1. The van der Waals surface area contributed by atoms with Crippen LogP contribution in [0.4, 0.5) is 5.69 Å². The van der Waals surface area contributed by atoms with Crippen LogP contribution in [0.15, 0.2) is 60.3 Å². The first kappa shape index (κ1) is 18.7. The van der Waals surface area contributed by atoms with E-state index in [1.807, 2.05) is 6.07 Å². The van der Waals surface area contributed by atoms with E-state index in [2.05, 4.69) is 5.32 Å². The first-order valence-electron chi connectivity index (χ1n) is 8.36. The molecule has 0 spiro atoms. The predicted octanol–water partition coefficient (Wildman–Crippen LogP) is 1.95. The highest BCUT2D eigenvalue weighted by atomic mass is 16.5. The van der Waals surface area contributed by atoms with Crippen LogP contribution in [0.3, 0.4) is 0 Å². The van der Waals surface area contributed by atoms with Crippen LogP contribution in [0.5, 0.6) is 5.75 Å². The van der Waals surface area contributed by atoms with Crippen molar-refractivity contribution in [3.63, 3.8) is 0 Å². The zero-order valence-corrected chi connectivity index (χ0v) is 15.0. The summed E-state index contributed by atoms with van der Waals surface area (Å²) >= 11 is 0. The van der Waals surface area contributed by atoms with E-state index >= 15 is 0 Å². The number of ether oxygens (including phenoxy) is 1. The fourth-order valence-electron chi connectivity index (χ4n) is 2.84. The Hall–Kier alpha value is -4.05. The summed E-state index contributed by atoms with van der Waals surface area (Å²) in [4.78, 5) is 23.5. The second kappa shape index (κ2) is 8.10. The van der Waals surface area contributed by atoms with Crippen molar-refractivity contribution >= 4 is 34.5 Å². The van der Waals surface area contributed by atoms with Crippen LogP contribution < -0.4 is 15.2 Å². The van der Waals surface area contributed by atoms with Crippen LogP contribution >= 0.6 is 0 Å². The molecule has 1 N–H and O–H groups in total. The molecule has 0 aliphatic rings. The monoisotopic (exact) mass is 374 g/mol. The number of amides is 1. The molecule has 2 aromatic carbocycles. The minimum absolute atomic E-state index is 0.104. The second-order valence-corrected chi connectivity index (χ2v) is 5.95. The molecule has 1 heterocycles. The van der Waals surface area contributed by atoms with Crippen molar-refractivity contribution in [2.45, 2.75) is 6.54 Å². The standard InChI is InChI=1S/C21H17N3O4/c1-28-17-8-6-16(7-9-17)23-21(27)14(11-22)10-15-12-24(13-20(25)26)19-5-3-2-4-18(15)19/h2-10,12H,13H2,1H3,(H,23,27)(H,25,26)/p-1/b14-10-. The molecular formula is C21H16N3O4-. The van der Waals surface area contributed by atoms with Gasteiger partial charge in [0, 0.05) is 28.4 Å². The molecule has 0 aliphatic heterocycles. The average Bonchev–Trinajstić information content (AvgIpc) is 3.03. The van der Waals surface area contributed by atoms with Gasteiger partial charge in [0.2, 0.25) is 0 Å². The Morgan fingerprint density at radius 1 is 1.21 bits per heavy atom. The molecule has 0 aliphatic carbocycles. The van der Waals surface area contributed by atoms with Gasteiger partial charge in [-0.15, -0.1) is 0 Å². The van der Waals surface area contributed by atoms with Crippen LogP contribution in [0.25, 0.3) is 17.0 Å². The summed E-state index contributed by atoms with van der Waals surface area (Å²) in [6.07, 6.45) is 3.02. The third-order valence-electron chi connectivity index (χ3n) is 4.13. The number of nitrogens with one attached hydrogen (secondary N) is 1. The van der Waals surface area contributed by atoms with Crippen LogP contribution in [-0.2, 0) is 16.1 Å². The number of hydrogen-bond donors (Lipinski definition) is 1. The number of fused-ring (bicyclic) bond motifs is 1. The van der Waals surface area contributed by atoms with E-state index in [4.69, 9.17) is 4.74 Å². The second-order valence-electron chi connectivity index (χ2n) is 5.95. The van der Waals surface area contributed by atoms with Crippen LogP contribution in [0.2, 0.25) is 0 Å². The molecule has 3 aromatic rings. The Kier molecular flexibility index (Phi) is 5.42. The lowest BCUT2D eigenvalue weighted by molar-refractivity contribution is -0.306. The molecule has 0 atom stereocenters. The van der Waals surface area contributed by atoms with Gasteiger partial charge in [-0.25, -0.2) is 0 Å². The van der Waals surface area contributed by atoms with E-state index in [1.54, 1.807) is 61.8 Å². The summed E-state index contributed by atoms with van der Waals surface area (Å²) in [6, 6.07) is 15.7. The number of aromatic nitrogens is 1. The summed E-state index contributed by atoms with van der Waals surface area (Å²) < 4.78 is 6.57. The number of carboxylic acid groups (broad SMARTS) is 1. The highest BCUT2D eigenvalue weighted by Gasteiger charge is 2.13. The first-order valence-corrected chi connectivity index (χ1v) is 8.36. The molecule has 1 aromatic heterocycles. The normalized spacial score (nSPS) is 11.1. The lowest BCUT2D eigenvalue weighted by Gasteiger charge is -2.05. The van der Waals surface area contributed by atoms with Crippen LogP contribution in [-0.4, -0.2) is 23.6 Å². The van der Waals surface area contributed by atoms with Gasteiger partial charge < -0.3 is 24.5 Å². The average molecular weight is 374 g/mol. The van der Waals surface area contributed by atoms with Crippen molar-refractivity contribution < 1.29 is 19.4 Å². The number of rotatable bonds is 6. The highest BCUT2D eigenvalue weighted by Crippen LogP contribution is 2.24. The number of aliphatic carboxylic acids is 1. The number of nitrogens with zero attached hydrogens (tertiary/aromatic N) is 2. The van der Waals surface area contributed by atoms with Crippen LogP contribution in [0, 0.1) is 11.3 Å². The summed E-state index contributed by atoms with van der Waals surface area (Å²) in [7, 11) is 1.54. The predicted molar refractivity (Wildman–Crippen MR) is 102 cm³/mol. The van der Waals surface area contributed by atoms with Crippen molar-refractivity contribution in [1.29, 1.82) is 5.26 Å². The zero-order valence-electron chi connectivity index (χ0n) is 15.0. The Labute approximate surface area is 161 Å². The molecule has 7 heteroatoms. The largest absolute Gasteiger partial charge is 0.548 e. The molecule has 0 fully saturated rings. The zero-order chi connectivity index (χ0) is 20.1. The molecule has 0 radical (unpaired) electrons. The SMILES string of the molecule is COc1ccc(NC(=O)/C(C#N)=C\c2cn(CC(=O)[O-])c3ccccc23)cc1. The van der Waals surface area contributed by atoms with Gasteiger partial charge in [-0.05, 0) is 36.4 Å². The Morgan fingerprint density at radius 3 is 2.57 bits per heavy atom. The maximum Gasteiger partial charge on any atom is 0.266 e. The lowest BCUT2D eigenvalue weighted by Crippen LogP contribution is -2.27. The highest BCUT2D eigenvalue weighted by molar-refractivity contribution is 6.10. The van der Waals surface area contributed by atoms with Crippen LogP contribution in [0.1, 0.15) is 5.56 Å².